The maximum atomic E-state index is 12.7. The van der Waals surface area contributed by atoms with Gasteiger partial charge in [0.15, 0.2) is 24.8 Å². The number of carbonyl (C=O) groups excluding carboxylic acids is 4. The molecule has 0 aromatic carbocycles. The topological polar surface area (TPSA) is 192 Å². The van der Waals surface area contributed by atoms with Crippen molar-refractivity contribution in [1.29, 1.82) is 0 Å². The van der Waals surface area contributed by atoms with Crippen LogP contribution in [0.5, 0.6) is 0 Å². The van der Waals surface area contributed by atoms with Gasteiger partial charge in [-0.1, -0.05) is 48.5 Å². The highest BCUT2D eigenvalue weighted by Crippen LogP contribution is 2.89. The first kappa shape index (κ1) is 51.0. The van der Waals surface area contributed by atoms with Gasteiger partial charge in [-0.15, -0.1) is 0 Å². The first-order valence-electron chi connectivity index (χ1n) is 25.4. The fourth-order valence-electron chi connectivity index (χ4n) is 16.6. The van der Waals surface area contributed by atoms with E-state index < -0.39 is 89.6 Å². The summed E-state index contributed by atoms with van der Waals surface area (Å²) in [4.78, 5) is 49.9. The molecule has 3 saturated heterocycles. The van der Waals surface area contributed by atoms with E-state index in [1.165, 1.54) is 27.7 Å². The van der Waals surface area contributed by atoms with Crippen LogP contribution in [0.1, 0.15) is 155 Å². The number of rotatable bonds is 11. The zero-order valence-electron chi connectivity index (χ0n) is 42.7. The van der Waals surface area contributed by atoms with E-state index in [2.05, 4.69) is 48.5 Å². The fraction of sp³-hybridized carbons (Fsp3) is 0.923. The van der Waals surface area contributed by atoms with Gasteiger partial charge in [-0.2, -0.15) is 0 Å². The molecule has 2 N–H and O–H groups in total. The zero-order valence-corrected chi connectivity index (χ0v) is 42.7. The molecular weight excluding hydrogens is 865 g/mol. The highest BCUT2D eigenvalue weighted by Gasteiger charge is 2.85. The fourth-order valence-corrected chi connectivity index (χ4v) is 16.6. The molecule has 8 rings (SSSR count). The molecule has 5 saturated carbocycles. The van der Waals surface area contributed by atoms with E-state index in [1.54, 1.807) is 13.8 Å². The van der Waals surface area contributed by atoms with E-state index in [-0.39, 0.29) is 76.0 Å². The van der Waals surface area contributed by atoms with E-state index in [4.69, 9.17) is 42.6 Å². The molecule has 3 heterocycles. The van der Waals surface area contributed by atoms with Gasteiger partial charge in [-0.05, 0) is 123 Å². The normalized spacial score (nSPS) is 49.9. The maximum absolute atomic E-state index is 12.7. The monoisotopic (exact) mass is 947 g/mol. The molecule has 15 nitrogen and oxygen atoms in total. The van der Waals surface area contributed by atoms with E-state index in [9.17, 15) is 29.4 Å². The molecule has 15 heteroatoms. The third kappa shape index (κ3) is 8.29. The van der Waals surface area contributed by atoms with E-state index in [0.29, 0.717) is 19.4 Å². The molecule has 3 aliphatic heterocycles. The number of aliphatic hydroxyl groups excluding tert-OH is 1. The summed E-state index contributed by atoms with van der Waals surface area (Å²) in [6.45, 7) is 26.7. The van der Waals surface area contributed by atoms with Crippen molar-refractivity contribution < 1.29 is 72.0 Å². The Morgan fingerprint density at radius 3 is 1.97 bits per heavy atom. The Hall–Kier alpha value is -2.40. The van der Waals surface area contributed by atoms with Crippen molar-refractivity contribution in [2.75, 3.05) is 13.2 Å². The standard InChI is InChI=1S/C52H82O15/c1-26-23-60-45(40(27(26)2)62-31(6)55)66-37-16-18-52-25-51(52)20-19-48(12)42(50(14)17-15-38(67-50)47(10,11)58)33(57)22-49(48,13)36(51)21-34(43(52)46(37,8)9)64-44-28(3)39(61-30(5)54)41(63-32(7)56)35(65-44)24-59-29(4)53/h26-28,33-45,57-58H,15-25H2,1-14H3/t26-,27+,28-,33+,34+,35-,36+,37?,38+,39-,40-,41-,42+,43+,44?,45+,48-,49+,50-,51+,52?/m1/s1. The molecule has 380 valence electrons. The molecule has 2 spiro atoms. The van der Waals surface area contributed by atoms with Crippen molar-refractivity contribution in [2.24, 2.45) is 62.6 Å². The summed E-state index contributed by atoms with van der Waals surface area (Å²) in [5.74, 6) is -2.57. The minimum atomic E-state index is -1.07. The van der Waals surface area contributed by atoms with Gasteiger partial charge < -0.3 is 52.8 Å². The van der Waals surface area contributed by atoms with Gasteiger partial charge in [0.05, 0.1) is 42.2 Å². The maximum Gasteiger partial charge on any atom is 0.303 e. The van der Waals surface area contributed by atoms with Gasteiger partial charge in [0.25, 0.3) is 0 Å². The second-order valence-electron chi connectivity index (χ2n) is 24.6. The van der Waals surface area contributed by atoms with E-state index >= 15 is 0 Å². The Kier molecular flexibility index (Phi) is 13.3. The van der Waals surface area contributed by atoms with Gasteiger partial charge in [0.1, 0.15) is 18.8 Å². The van der Waals surface area contributed by atoms with Crippen LogP contribution >= 0.6 is 0 Å². The second-order valence-corrected chi connectivity index (χ2v) is 24.6. The van der Waals surface area contributed by atoms with Crippen molar-refractivity contribution in [3.8, 4) is 0 Å². The average molecular weight is 947 g/mol. The molecule has 8 fully saturated rings. The highest BCUT2D eigenvalue weighted by atomic mass is 16.7. The van der Waals surface area contributed by atoms with Gasteiger partial charge in [-0.25, -0.2) is 0 Å². The van der Waals surface area contributed by atoms with Crippen LogP contribution in [-0.2, 0) is 61.8 Å². The number of aliphatic hydroxyl groups is 2. The lowest BCUT2D eigenvalue weighted by atomic mass is 9.41. The van der Waals surface area contributed by atoms with Crippen molar-refractivity contribution in [3.05, 3.63) is 0 Å². The van der Waals surface area contributed by atoms with Crippen molar-refractivity contribution in [3.63, 3.8) is 0 Å². The third-order valence-corrected chi connectivity index (χ3v) is 19.8. The number of hydrogen-bond acceptors (Lipinski definition) is 15. The van der Waals surface area contributed by atoms with Crippen molar-refractivity contribution in [2.45, 2.75) is 227 Å². The molecule has 0 aromatic rings. The number of ether oxygens (including phenoxy) is 9. The smallest absolute Gasteiger partial charge is 0.303 e. The van der Waals surface area contributed by atoms with Gasteiger partial charge in [0.2, 0.25) is 0 Å². The molecule has 0 radical (unpaired) electrons. The van der Waals surface area contributed by atoms with Crippen LogP contribution in [-0.4, -0.2) is 120 Å². The summed E-state index contributed by atoms with van der Waals surface area (Å²) in [5.41, 5.74) is -2.94. The number of hydrogen-bond donors (Lipinski definition) is 2. The molecule has 21 atom stereocenters. The summed E-state index contributed by atoms with van der Waals surface area (Å²) in [6, 6.07) is 0. The Bertz CT molecular complexity index is 1920. The van der Waals surface area contributed by atoms with Crippen LogP contribution in [0.2, 0.25) is 0 Å². The minimum Gasteiger partial charge on any atom is -0.463 e. The third-order valence-electron chi connectivity index (χ3n) is 19.8. The van der Waals surface area contributed by atoms with Crippen LogP contribution in [0.25, 0.3) is 0 Å². The molecule has 0 aromatic heterocycles. The lowest BCUT2D eigenvalue weighted by Gasteiger charge is -2.65. The highest BCUT2D eigenvalue weighted by molar-refractivity contribution is 5.68. The van der Waals surface area contributed by atoms with Gasteiger partial charge in [0, 0.05) is 45.4 Å². The predicted octanol–water partition coefficient (Wildman–Crippen LogP) is 6.83. The Morgan fingerprint density at radius 1 is 0.716 bits per heavy atom. The largest absolute Gasteiger partial charge is 0.463 e. The van der Waals surface area contributed by atoms with Gasteiger partial charge in [-0.3, -0.25) is 19.2 Å². The summed E-state index contributed by atoms with van der Waals surface area (Å²) in [5, 5.41) is 23.6. The minimum absolute atomic E-state index is 0.0190. The lowest BCUT2D eigenvalue weighted by molar-refractivity contribution is -0.329. The van der Waals surface area contributed by atoms with Crippen molar-refractivity contribution >= 4 is 23.9 Å². The van der Waals surface area contributed by atoms with Gasteiger partial charge >= 0.3 is 23.9 Å². The molecule has 0 bridgehead atoms. The predicted molar refractivity (Wildman–Crippen MR) is 241 cm³/mol. The van der Waals surface area contributed by atoms with Crippen LogP contribution in [0.4, 0.5) is 0 Å². The van der Waals surface area contributed by atoms with Crippen LogP contribution < -0.4 is 0 Å². The average Bonchev–Trinajstić information content (AvgIpc) is 3.57. The quantitative estimate of drug-likeness (QED) is 0.124. The van der Waals surface area contributed by atoms with E-state index in [0.717, 1.165) is 44.9 Å². The van der Waals surface area contributed by atoms with Crippen LogP contribution in [0.15, 0.2) is 0 Å². The summed E-state index contributed by atoms with van der Waals surface area (Å²) in [6.07, 6.45) is 0.373. The number of esters is 4. The molecule has 5 aliphatic carbocycles. The summed E-state index contributed by atoms with van der Waals surface area (Å²) in [7, 11) is 0. The SMILES string of the molecule is CC(=O)OC[C@H]1OC(O[C@H]2C[C@@H]3[C@]4(CC[C@]5(C)[C@@H]([C@@]6(C)CC[C@@H](C(C)(C)O)O6)[C@@H](O)C[C@@]35C)CC43CCC(O[C@@H]4OC[C@@H](C)[C@H](C)[C@H]4OC(C)=O)C(C)(C)[C@H]23)[C@H](C)[C@@H](OC(C)=O)[C@@H]1OC(C)=O. The zero-order chi connectivity index (χ0) is 49.2. The molecule has 67 heavy (non-hydrogen) atoms. The summed E-state index contributed by atoms with van der Waals surface area (Å²) >= 11 is 0. The first-order chi connectivity index (χ1) is 31.0. The Morgan fingerprint density at radius 2 is 1.36 bits per heavy atom. The first-order valence-corrected chi connectivity index (χ1v) is 25.4. The van der Waals surface area contributed by atoms with Crippen LogP contribution in [0.3, 0.4) is 0 Å². The molecule has 3 unspecified atom stereocenters. The van der Waals surface area contributed by atoms with Crippen molar-refractivity contribution in [1.82, 2.24) is 0 Å². The second kappa shape index (κ2) is 17.4. The molecule has 0 amide bonds. The summed E-state index contributed by atoms with van der Waals surface area (Å²) < 4.78 is 57.7. The number of fused-ring (bicyclic) bond motifs is 2. The lowest BCUT2D eigenvalue weighted by Crippen LogP contribution is -2.65. The Labute approximate surface area is 398 Å². The molecule has 8 aliphatic rings. The van der Waals surface area contributed by atoms with Crippen LogP contribution in [0, 0.1) is 62.6 Å². The molecular formula is C52H82O15. The van der Waals surface area contributed by atoms with E-state index in [1.807, 2.05) is 6.92 Å². The number of carbonyl (C=O) groups is 4. The Balaban J connectivity index is 1.18.